The van der Waals surface area contributed by atoms with Gasteiger partial charge in [-0.15, -0.1) is 0 Å². The van der Waals surface area contributed by atoms with E-state index in [9.17, 15) is 10.1 Å². The summed E-state index contributed by atoms with van der Waals surface area (Å²) < 4.78 is 0. The van der Waals surface area contributed by atoms with E-state index in [0.717, 1.165) is 5.56 Å². The average molecular weight is 256 g/mol. The lowest BCUT2D eigenvalue weighted by Crippen LogP contribution is -2.47. The third-order valence-electron chi connectivity index (χ3n) is 3.04. The van der Waals surface area contributed by atoms with Crippen molar-refractivity contribution in [2.75, 3.05) is 13.2 Å². The Kier molecular flexibility index (Phi) is 4.77. The molecular formula is C12H18NO5+. The first kappa shape index (κ1) is 14.6. The first-order chi connectivity index (χ1) is 8.45. The highest BCUT2D eigenvalue weighted by Crippen LogP contribution is 2.26. The Morgan fingerprint density at radius 3 is 2.22 bits per heavy atom. The lowest BCUT2D eigenvalue weighted by molar-refractivity contribution is -0.580. The van der Waals surface area contributed by atoms with E-state index in [1.165, 1.54) is 0 Å². The van der Waals surface area contributed by atoms with Crippen molar-refractivity contribution >= 4 is 0 Å². The molecule has 0 aliphatic rings. The van der Waals surface area contributed by atoms with Crippen LogP contribution in [0, 0.1) is 17.0 Å². The molecule has 0 saturated carbocycles. The molecule has 6 heteroatoms. The van der Waals surface area contributed by atoms with Crippen LogP contribution in [-0.2, 0) is 0 Å². The van der Waals surface area contributed by atoms with Gasteiger partial charge in [0.25, 0.3) is 5.54 Å². The second-order valence-corrected chi connectivity index (χ2v) is 4.47. The standard InChI is InChI=1S/C12H17NO5/c1-9-2-4-10(5-3-9)11(16)6-12(7-14,8-15)13(17)18/h2-5,11,14-16H,6-8H2,1H3/p+1. The number of hydrogen-bond acceptors (Lipinski definition) is 4. The summed E-state index contributed by atoms with van der Waals surface area (Å²) in [6.07, 6.45) is -1.08. The summed E-state index contributed by atoms with van der Waals surface area (Å²) in [5, 5.41) is 37.0. The maximum Gasteiger partial charge on any atom is 0.275 e. The molecule has 1 atom stereocenters. The molecule has 1 aromatic carbocycles. The highest BCUT2D eigenvalue weighted by atomic mass is 16.6. The molecule has 6 nitrogen and oxygen atoms in total. The molecule has 0 aliphatic heterocycles. The Balaban J connectivity index is 2.88. The lowest BCUT2D eigenvalue weighted by Gasteiger charge is -2.21. The van der Waals surface area contributed by atoms with Crippen molar-refractivity contribution < 1.29 is 20.2 Å². The molecule has 18 heavy (non-hydrogen) atoms. The molecule has 0 aliphatic carbocycles. The summed E-state index contributed by atoms with van der Waals surface area (Å²) in [5.41, 5.74) is -0.179. The van der Waals surface area contributed by atoms with Crippen molar-refractivity contribution in [1.82, 2.24) is 0 Å². The van der Waals surface area contributed by atoms with Gasteiger partial charge in [-0.2, -0.15) is 0 Å². The first-order valence-electron chi connectivity index (χ1n) is 5.59. The summed E-state index contributed by atoms with van der Waals surface area (Å²) >= 11 is 0. The van der Waals surface area contributed by atoms with E-state index >= 15 is 0 Å². The van der Waals surface area contributed by atoms with Gasteiger partial charge in [0.2, 0.25) is 0 Å². The fourth-order valence-corrected chi connectivity index (χ4v) is 1.67. The molecule has 0 saturated heterocycles. The molecule has 0 heterocycles. The van der Waals surface area contributed by atoms with Crippen molar-refractivity contribution in [3.8, 4) is 0 Å². The number of nitro groups is 1. The summed E-state index contributed by atoms with van der Waals surface area (Å²) in [6.45, 7) is 0.348. The second kappa shape index (κ2) is 5.90. The first-order valence-corrected chi connectivity index (χ1v) is 5.59. The maximum absolute atomic E-state index is 10.9. The molecule has 4 N–H and O–H groups in total. The summed E-state index contributed by atoms with van der Waals surface area (Å²) in [6, 6.07) is 7.10. The van der Waals surface area contributed by atoms with Gasteiger partial charge in [-0.3, -0.25) is 10.1 Å². The fourth-order valence-electron chi connectivity index (χ4n) is 1.67. The lowest BCUT2D eigenvalue weighted by atomic mass is 9.91. The van der Waals surface area contributed by atoms with Crippen molar-refractivity contribution in [2.45, 2.75) is 25.0 Å². The smallest absolute Gasteiger partial charge is 0.275 e. The van der Waals surface area contributed by atoms with Gasteiger partial charge in [0, 0.05) is 10.5 Å². The second-order valence-electron chi connectivity index (χ2n) is 4.47. The van der Waals surface area contributed by atoms with E-state index in [1.807, 2.05) is 19.1 Å². The minimum atomic E-state index is -1.85. The van der Waals surface area contributed by atoms with Crippen LogP contribution >= 0.6 is 0 Å². The van der Waals surface area contributed by atoms with E-state index in [4.69, 9.17) is 15.3 Å². The molecule has 0 aromatic heterocycles. The van der Waals surface area contributed by atoms with Gasteiger partial charge in [0.1, 0.15) is 13.2 Å². The number of nitrogens with zero attached hydrogens (tertiary/aromatic N) is 1. The van der Waals surface area contributed by atoms with Gasteiger partial charge < -0.3 is 15.3 Å². The topological polar surface area (TPSA) is 106 Å². The minimum Gasteiger partial charge on any atom is -0.439 e. The minimum absolute atomic E-state index is 0.226. The third kappa shape index (κ3) is 3.04. The van der Waals surface area contributed by atoms with Gasteiger partial charge in [-0.05, 0) is 6.92 Å². The van der Waals surface area contributed by atoms with Gasteiger partial charge in [0.15, 0.2) is 6.10 Å². The van der Waals surface area contributed by atoms with Gasteiger partial charge >= 0.3 is 0 Å². The van der Waals surface area contributed by atoms with Crippen LogP contribution in [0.15, 0.2) is 24.3 Å². The van der Waals surface area contributed by atoms with Crippen LogP contribution in [0.3, 0.4) is 0 Å². The van der Waals surface area contributed by atoms with E-state index in [2.05, 4.69) is 0 Å². The van der Waals surface area contributed by atoms with Crippen molar-refractivity contribution in [3.05, 3.63) is 45.5 Å². The van der Waals surface area contributed by atoms with E-state index < -0.39 is 29.8 Å². The molecule has 0 amide bonds. The molecule has 1 unspecified atom stereocenters. The maximum atomic E-state index is 10.9. The molecule has 0 bridgehead atoms. The fraction of sp³-hybridized carbons (Fsp3) is 0.500. The molecule has 0 fully saturated rings. The van der Waals surface area contributed by atoms with Crippen molar-refractivity contribution in [3.63, 3.8) is 0 Å². The van der Waals surface area contributed by atoms with Crippen LogP contribution in [0.25, 0.3) is 0 Å². The molecule has 0 spiro atoms. The van der Waals surface area contributed by atoms with E-state index in [-0.39, 0.29) is 6.42 Å². The number of aryl methyl sites for hydroxylation is 1. The number of hydrogen-bond donors (Lipinski definition) is 2. The van der Waals surface area contributed by atoms with Crippen molar-refractivity contribution in [2.24, 2.45) is 0 Å². The zero-order valence-corrected chi connectivity index (χ0v) is 10.2. The van der Waals surface area contributed by atoms with Crippen LogP contribution < -0.4 is 0 Å². The highest BCUT2D eigenvalue weighted by molar-refractivity contribution is 5.23. The Hall–Kier alpha value is -1.50. The largest absolute Gasteiger partial charge is 0.439 e. The zero-order valence-electron chi connectivity index (χ0n) is 10.2. The van der Waals surface area contributed by atoms with E-state index in [0.29, 0.717) is 5.56 Å². The SMILES string of the molecule is Cc1ccc(C([OH2+])CC(CO)(CO)[N+](=O)[O-])cc1. The van der Waals surface area contributed by atoms with Crippen molar-refractivity contribution in [1.29, 1.82) is 0 Å². The summed E-state index contributed by atoms with van der Waals surface area (Å²) in [5.74, 6) is 0. The Morgan fingerprint density at radius 2 is 1.83 bits per heavy atom. The molecule has 100 valence electrons. The molecular weight excluding hydrogens is 238 g/mol. The van der Waals surface area contributed by atoms with Gasteiger partial charge in [-0.25, -0.2) is 0 Å². The third-order valence-corrected chi connectivity index (χ3v) is 3.04. The molecule has 0 radical (unpaired) electrons. The Bertz CT molecular complexity index is 399. The monoisotopic (exact) mass is 256 g/mol. The summed E-state index contributed by atoms with van der Waals surface area (Å²) in [4.78, 5) is 10.2. The predicted molar refractivity (Wildman–Crippen MR) is 66.0 cm³/mol. The normalized spacial score (nSPS) is 13.3. The quantitative estimate of drug-likeness (QED) is 0.429. The van der Waals surface area contributed by atoms with Crippen LogP contribution in [0.1, 0.15) is 23.7 Å². The Morgan fingerprint density at radius 1 is 1.33 bits per heavy atom. The van der Waals surface area contributed by atoms with Crippen LogP contribution in [-0.4, -0.2) is 39.0 Å². The highest BCUT2D eigenvalue weighted by Gasteiger charge is 2.45. The number of aliphatic hydroxyl groups excluding tert-OH is 2. The van der Waals surface area contributed by atoms with Crippen LogP contribution in [0.4, 0.5) is 0 Å². The number of benzene rings is 1. The average Bonchev–Trinajstić information content (AvgIpc) is 2.36. The van der Waals surface area contributed by atoms with Crippen LogP contribution in [0.2, 0.25) is 0 Å². The van der Waals surface area contributed by atoms with Crippen LogP contribution in [0.5, 0.6) is 0 Å². The van der Waals surface area contributed by atoms with Gasteiger partial charge in [0.05, 0.1) is 6.42 Å². The number of aliphatic hydroxyl groups is 2. The summed E-state index contributed by atoms with van der Waals surface area (Å²) in [7, 11) is 0. The van der Waals surface area contributed by atoms with E-state index in [1.54, 1.807) is 12.1 Å². The predicted octanol–water partition coefficient (Wildman–Crippen LogP) is 0.151. The number of rotatable bonds is 6. The zero-order chi connectivity index (χ0) is 13.8. The molecule has 1 rings (SSSR count). The Labute approximate surface area is 105 Å². The van der Waals surface area contributed by atoms with Gasteiger partial charge in [-0.1, -0.05) is 29.8 Å². The molecule has 1 aromatic rings.